The third-order valence-electron chi connectivity index (χ3n) is 11.2. The number of benzene rings is 1. The Morgan fingerprint density at radius 2 is 2.07 bits per heavy atom. The predicted octanol–water partition coefficient (Wildman–Crippen LogP) is 5.03. The van der Waals surface area contributed by atoms with Crippen molar-refractivity contribution in [2.45, 2.75) is 63.5 Å². The van der Waals surface area contributed by atoms with Crippen LogP contribution in [0.3, 0.4) is 0 Å². The van der Waals surface area contributed by atoms with Gasteiger partial charge in [0.05, 0.1) is 22.9 Å². The summed E-state index contributed by atoms with van der Waals surface area (Å²) in [6.45, 7) is 2.78. The number of ether oxygens (including phenoxy) is 1. The molecule has 2 bridgehead atoms. The van der Waals surface area contributed by atoms with Crippen LogP contribution >= 0.6 is 11.3 Å². The zero-order valence-corrected chi connectivity index (χ0v) is 25.9. The molecule has 4 heterocycles. The van der Waals surface area contributed by atoms with Crippen LogP contribution in [0.1, 0.15) is 54.5 Å². The van der Waals surface area contributed by atoms with E-state index >= 15 is 0 Å². The molecule has 0 amide bonds. The molecule has 2 aromatic heterocycles. The second-order valence-electron chi connectivity index (χ2n) is 13.8. The highest BCUT2D eigenvalue weighted by atomic mass is 32.1. The molecule has 5 aliphatic rings. The van der Waals surface area contributed by atoms with Gasteiger partial charge in [-0.05, 0) is 89.1 Å². The smallest absolute Gasteiger partial charge is 0.142 e. The van der Waals surface area contributed by atoms with Crippen LogP contribution in [0.25, 0.3) is 10.2 Å². The highest BCUT2D eigenvalue weighted by Crippen LogP contribution is 2.68. The summed E-state index contributed by atoms with van der Waals surface area (Å²) in [5.74, 6) is 2.24. The first kappa shape index (κ1) is 27.5. The molecule has 8 rings (SSSR count). The third kappa shape index (κ3) is 4.47. The molecule has 3 unspecified atom stereocenters. The molecule has 4 N–H and O–H groups in total. The van der Waals surface area contributed by atoms with Crippen molar-refractivity contribution in [2.24, 2.45) is 23.2 Å². The number of nitrogens with two attached hydrogens (primary N) is 1. The normalized spacial score (nSPS) is 29.9. The average Bonchev–Trinajstić information content (AvgIpc) is 3.31. The van der Waals surface area contributed by atoms with Crippen molar-refractivity contribution in [2.75, 3.05) is 49.7 Å². The summed E-state index contributed by atoms with van der Waals surface area (Å²) >= 11 is 1.72. The third-order valence-corrected chi connectivity index (χ3v) is 12.4. The van der Waals surface area contributed by atoms with Crippen molar-refractivity contribution in [3.63, 3.8) is 0 Å². The number of carbonyl (C=O) groups excluding carboxylic acids is 1. The molecule has 3 aliphatic carbocycles. The van der Waals surface area contributed by atoms with E-state index in [2.05, 4.69) is 34.2 Å². The van der Waals surface area contributed by atoms with Crippen LogP contribution in [-0.4, -0.2) is 72.8 Å². The largest absolute Gasteiger partial charge is 0.398 e. The number of piperidine rings is 1. The second kappa shape index (κ2) is 10.2. The first-order valence-corrected chi connectivity index (χ1v) is 16.7. The van der Waals surface area contributed by atoms with Crippen LogP contribution in [0, 0.1) is 28.6 Å². The van der Waals surface area contributed by atoms with Gasteiger partial charge in [0.25, 0.3) is 0 Å². The van der Waals surface area contributed by atoms with E-state index in [1.165, 1.54) is 23.1 Å². The van der Waals surface area contributed by atoms with E-state index in [0.717, 1.165) is 92.1 Å². The van der Waals surface area contributed by atoms with E-state index in [4.69, 9.17) is 20.9 Å². The van der Waals surface area contributed by atoms with Crippen molar-refractivity contribution in [1.82, 2.24) is 14.9 Å². The molecule has 1 aromatic carbocycles. The summed E-state index contributed by atoms with van der Waals surface area (Å²) in [4.78, 5) is 30.1. The Morgan fingerprint density at radius 3 is 2.79 bits per heavy atom. The number of hydrogen-bond acceptors (Lipinski definition) is 10. The topological polar surface area (TPSA) is 120 Å². The highest BCUT2D eigenvalue weighted by molar-refractivity contribution is 7.19. The summed E-state index contributed by atoms with van der Waals surface area (Å²) < 4.78 is 6.04. The number of hydrogen-bond donors (Lipinski definition) is 3. The maximum atomic E-state index is 13.7. The van der Waals surface area contributed by atoms with Gasteiger partial charge in [0.15, 0.2) is 0 Å². The number of ketones is 1. The van der Waals surface area contributed by atoms with Gasteiger partial charge in [0.2, 0.25) is 0 Å². The van der Waals surface area contributed by atoms with Gasteiger partial charge in [0, 0.05) is 65.3 Å². The number of carbonyl (C=O) groups is 1. The molecule has 5 atom stereocenters. The van der Waals surface area contributed by atoms with Crippen molar-refractivity contribution in [3.05, 3.63) is 34.5 Å². The number of Topliss-reactive ketones (excluding diaryl/α,β-unsaturated/α-hetero) is 1. The molecule has 2 aliphatic heterocycles. The Bertz CT molecular complexity index is 1610. The number of nitrogens with one attached hydrogen (secondary N) is 2. The maximum Gasteiger partial charge on any atom is 0.142 e. The monoisotopic (exact) mass is 599 g/mol. The molecule has 2 saturated carbocycles. The lowest BCUT2D eigenvalue weighted by Crippen LogP contribution is -2.42. The minimum absolute atomic E-state index is 0.0948. The van der Waals surface area contributed by atoms with Gasteiger partial charge in [-0.25, -0.2) is 9.97 Å². The van der Waals surface area contributed by atoms with Crippen molar-refractivity contribution in [1.29, 1.82) is 5.41 Å². The molecule has 1 spiro atoms. The molecule has 226 valence electrons. The minimum atomic E-state index is 0.0948. The standard InChI is InChI=1S/C33H41N7O2S/c1-39(2)21-5-7-40(8-6-21)26-12-24(35)20(15-34)10-25(26)38-31-29-22-4-3-19(11-27(22)43-32(29)37-17-36-31)30(41)23-14-33(23)13-18-9-28(33)42-16-18/h10,12,15,17-19,21,23,28,34H,3-9,11,13-14,16,35H2,1-2H3,(H,36,37,38)/t18?,19-,23?,28-,33?/m0/s1. The van der Waals surface area contributed by atoms with Gasteiger partial charge in [-0.2, -0.15) is 0 Å². The number of anilines is 4. The van der Waals surface area contributed by atoms with Gasteiger partial charge < -0.3 is 31.0 Å². The fraction of sp³-hybridized carbons (Fsp3) is 0.576. The molecule has 4 fully saturated rings. The number of nitrogen functional groups attached to an aromatic ring is 1. The number of aromatic nitrogens is 2. The summed E-state index contributed by atoms with van der Waals surface area (Å²) in [7, 11) is 4.31. The fourth-order valence-corrected chi connectivity index (χ4v) is 10.0. The first-order valence-electron chi connectivity index (χ1n) is 15.9. The van der Waals surface area contributed by atoms with Crippen LogP contribution < -0.4 is 16.0 Å². The lowest BCUT2D eigenvalue weighted by molar-refractivity contribution is -0.126. The number of aryl methyl sites for hydroxylation is 1. The van der Waals surface area contributed by atoms with E-state index in [0.29, 0.717) is 35.1 Å². The molecule has 3 aromatic rings. The number of nitrogens with zero attached hydrogens (tertiary/aromatic N) is 4. The van der Waals surface area contributed by atoms with Gasteiger partial charge in [-0.1, -0.05) is 0 Å². The van der Waals surface area contributed by atoms with Gasteiger partial charge in [-0.3, -0.25) is 4.79 Å². The lowest BCUT2D eigenvalue weighted by atomic mass is 9.81. The zero-order chi connectivity index (χ0) is 29.5. The van der Waals surface area contributed by atoms with Gasteiger partial charge in [-0.15, -0.1) is 11.3 Å². The Labute approximate surface area is 256 Å². The number of thiophene rings is 1. The maximum absolute atomic E-state index is 13.7. The highest BCUT2D eigenvalue weighted by Gasteiger charge is 2.68. The second-order valence-corrected chi connectivity index (χ2v) is 14.9. The molecule has 9 nitrogen and oxygen atoms in total. The molecule has 2 saturated heterocycles. The van der Waals surface area contributed by atoms with Crippen LogP contribution in [-0.2, 0) is 22.4 Å². The van der Waals surface area contributed by atoms with Crippen LogP contribution in [0.5, 0.6) is 0 Å². The van der Waals surface area contributed by atoms with E-state index in [1.54, 1.807) is 17.7 Å². The number of fused-ring (bicyclic) bond motifs is 6. The van der Waals surface area contributed by atoms with E-state index in [1.807, 2.05) is 12.1 Å². The first-order chi connectivity index (χ1) is 20.8. The van der Waals surface area contributed by atoms with E-state index in [-0.39, 0.29) is 17.3 Å². The van der Waals surface area contributed by atoms with Crippen molar-refractivity contribution in [3.8, 4) is 0 Å². The number of rotatable bonds is 7. The van der Waals surface area contributed by atoms with Crippen LogP contribution in [0.4, 0.5) is 22.9 Å². The van der Waals surface area contributed by atoms with Crippen LogP contribution in [0.2, 0.25) is 0 Å². The Kier molecular flexibility index (Phi) is 6.54. The molecule has 10 heteroatoms. The Hall–Kier alpha value is -3.08. The van der Waals surface area contributed by atoms with Crippen LogP contribution in [0.15, 0.2) is 18.5 Å². The minimum Gasteiger partial charge on any atom is -0.398 e. The molecule has 43 heavy (non-hydrogen) atoms. The van der Waals surface area contributed by atoms with E-state index < -0.39 is 0 Å². The Morgan fingerprint density at radius 1 is 1.23 bits per heavy atom. The predicted molar refractivity (Wildman–Crippen MR) is 172 cm³/mol. The lowest BCUT2D eigenvalue weighted by Gasteiger charge is -2.37. The van der Waals surface area contributed by atoms with Gasteiger partial charge >= 0.3 is 0 Å². The summed E-state index contributed by atoms with van der Waals surface area (Å²) in [6.07, 6.45) is 11.4. The average molecular weight is 600 g/mol. The van der Waals surface area contributed by atoms with E-state index in [9.17, 15) is 4.79 Å². The van der Waals surface area contributed by atoms with Gasteiger partial charge in [0.1, 0.15) is 22.8 Å². The van der Waals surface area contributed by atoms with Crippen molar-refractivity contribution < 1.29 is 9.53 Å². The quantitative estimate of drug-likeness (QED) is 0.255. The zero-order valence-electron chi connectivity index (χ0n) is 25.1. The fourth-order valence-electron chi connectivity index (χ4n) is 8.78. The molecule has 0 radical (unpaired) electrons. The summed E-state index contributed by atoms with van der Waals surface area (Å²) in [5, 5.41) is 12.7. The SMILES string of the molecule is CN(C)C1CCN(c2cc(N)c(C=N)cc2Nc2ncnc3sc4c(c23)CC[C@H](C(=O)C2CC23CC2CO[C@H]3C2)C4)CC1. The van der Waals surface area contributed by atoms with Crippen molar-refractivity contribution >= 4 is 56.4 Å². The summed E-state index contributed by atoms with van der Waals surface area (Å²) in [6, 6.07) is 4.55. The molecular weight excluding hydrogens is 558 g/mol. The summed E-state index contributed by atoms with van der Waals surface area (Å²) in [5.41, 5.74) is 11.1. The Balaban J connectivity index is 1.06. The molecular formula is C33H41N7O2S.